The van der Waals surface area contributed by atoms with Gasteiger partial charge < -0.3 is 5.11 Å². The Hall–Kier alpha value is -0.910. The largest absolute Gasteiger partial charge is 0.384 e. The fraction of sp³-hybridized carbons (Fsp3) is 0.0588. The quantitative estimate of drug-likeness (QED) is 0.539. The van der Waals surface area contributed by atoms with Crippen molar-refractivity contribution in [2.75, 3.05) is 0 Å². The van der Waals surface area contributed by atoms with E-state index in [9.17, 15) is 5.11 Å². The molecule has 1 nitrogen and oxygen atoms in total. The molecule has 0 aliphatic carbocycles. The van der Waals surface area contributed by atoms with E-state index < -0.39 is 6.10 Å². The first-order chi connectivity index (χ1) is 9.65. The number of fused-ring (bicyclic) bond motifs is 1. The predicted molar refractivity (Wildman–Crippen MR) is 94.9 cm³/mol. The number of hydrogen-bond donors (Lipinski definition) is 1. The van der Waals surface area contributed by atoms with Crippen LogP contribution in [0.15, 0.2) is 65.1 Å². The molecule has 3 rings (SSSR count). The van der Waals surface area contributed by atoms with E-state index in [1.165, 1.54) is 5.39 Å². The number of aliphatic hydroxyl groups is 1. The SMILES string of the molecule is OC(c1ccc2ccccc2c1)c1cc(Br)ccc1I. The lowest BCUT2D eigenvalue weighted by Gasteiger charge is -2.14. The van der Waals surface area contributed by atoms with Crippen molar-refractivity contribution in [2.24, 2.45) is 0 Å². The zero-order chi connectivity index (χ0) is 14.1. The first kappa shape index (κ1) is 14.0. The molecule has 0 aliphatic rings. The van der Waals surface area contributed by atoms with E-state index in [2.05, 4.69) is 62.8 Å². The number of aliphatic hydroxyl groups excluding tert-OH is 1. The first-order valence-corrected chi connectivity index (χ1v) is 8.14. The fourth-order valence-electron chi connectivity index (χ4n) is 2.28. The second-order valence-electron chi connectivity index (χ2n) is 4.67. The van der Waals surface area contributed by atoms with E-state index in [-0.39, 0.29) is 0 Å². The third kappa shape index (κ3) is 2.75. The van der Waals surface area contributed by atoms with Gasteiger partial charge >= 0.3 is 0 Å². The van der Waals surface area contributed by atoms with Crippen molar-refractivity contribution in [1.82, 2.24) is 0 Å². The molecule has 3 heteroatoms. The maximum absolute atomic E-state index is 10.6. The zero-order valence-electron chi connectivity index (χ0n) is 10.6. The average molecular weight is 439 g/mol. The molecule has 0 amide bonds. The van der Waals surface area contributed by atoms with Gasteiger partial charge in [0.15, 0.2) is 0 Å². The summed E-state index contributed by atoms with van der Waals surface area (Å²) < 4.78 is 2.04. The van der Waals surface area contributed by atoms with Crippen LogP contribution in [0.5, 0.6) is 0 Å². The van der Waals surface area contributed by atoms with Gasteiger partial charge in [0.1, 0.15) is 6.10 Å². The van der Waals surface area contributed by atoms with Crippen molar-refractivity contribution in [1.29, 1.82) is 0 Å². The van der Waals surface area contributed by atoms with Gasteiger partial charge in [0.05, 0.1) is 0 Å². The van der Waals surface area contributed by atoms with Gasteiger partial charge in [-0.1, -0.05) is 52.3 Å². The van der Waals surface area contributed by atoms with Crippen LogP contribution in [-0.2, 0) is 0 Å². The molecular weight excluding hydrogens is 427 g/mol. The second kappa shape index (κ2) is 5.84. The molecule has 0 saturated carbocycles. The van der Waals surface area contributed by atoms with Gasteiger partial charge in [-0.05, 0) is 68.8 Å². The Morgan fingerprint density at radius 3 is 2.45 bits per heavy atom. The molecular formula is C17H12BrIO. The molecule has 1 atom stereocenters. The van der Waals surface area contributed by atoms with E-state index in [1.54, 1.807) is 0 Å². The van der Waals surface area contributed by atoms with Crippen molar-refractivity contribution >= 4 is 49.3 Å². The Balaban J connectivity index is 2.07. The molecule has 1 unspecified atom stereocenters. The van der Waals surface area contributed by atoms with Gasteiger partial charge in [-0.15, -0.1) is 0 Å². The van der Waals surface area contributed by atoms with Crippen LogP contribution in [0.4, 0.5) is 0 Å². The smallest absolute Gasteiger partial charge is 0.105 e. The number of halogens is 2. The highest BCUT2D eigenvalue weighted by atomic mass is 127. The molecule has 0 saturated heterocycles. The lowest BCUT2D eigenvalue weighted by Crippen LogP contribution is -2.02. The third-order valence-corrected chi connectivity index (χ3v) is 4.82. The molecule has 1 N–H and O–H groups in total. The van der Waals surface area contributed by atoms with E-state index >= 15 is 0 Å². The molecule has 0 bridgehead atoms. The van der Waals surface area contributed by atoms with E-state index in [0.717, 1.165) is 24.6 Å². The van der Waals surface area contributed by atoms with Gasteiger partial charge in [0, 0.05) is 8.04 Å². The summed E-state index contributed by atoms with van der Waals surface area (Å²) in [7, 11) is 0. The molecule has 0 aromatic heterocycles. The maximum Gasteiger partial charge on any atom is 0.105 e. The Labute approximate surface area is 139 Å². The van der Waals surface area contributed by atoms with Crippen molar-refractivity contribution in [2.45, 2.75) is 6.10 Å². The molecule has 20 heavy (non-hydrogen) atoms. The van der Waals surface area contributed by atoms with Crippen molar-refractivity contribution in [3.63, 3.8) is 0 Å². The number of hydrogen-bond acceptors (Lipinski definition) is 1. The zero-order valence-corrected chi connectivity index (χ0v) is 14.3. The molecule has 100 valence electrons. The summed E-state index contributed by atoms with van der Waals surface area (Å²) in [5, 5.41) is 13.0. The summed E-state index contributed by atoms with van der Waals surface area (Å²) in [6.45, 7) is 0. The summed E-state index contributed by atoms with van der Waals surface area (Å²) in [4.78, 5) is 0. The highest BCUT2D eigenvalue weighted by molar-refractivity contribution is 14.1. The van der Waals surface area contributed by atoms with Gasteiger partial charge in [0.2, 0.25) is 0 Å². The summed E-state index contributed by atoms with van der Waals surface area (Å²) >= 11 is 5.72. The molecule has 3 aromatic carbocycles. The number of rotatable bonds is 2. The average Bonchev–Trinajstić information content (AvgIpc) is 2.48. The Kier molecular flexibility index (Phi) is 4.10. The van der Waals surface area contributed by atoms with Gasteiger partial charge in [-0.3, -0.25) is 0 Å². The lowest BCUT2D eigenvalue weighted by atomic mass is 9.99. The summed E-state index contributed by atoms with van der Waals surface area (Å²) in [6, 6.07) is 20.2. The second-order valence-corrected chi connectivity index (χ2v) is 6.75. The number of benzene rings is 3. The van der Waals surface area contributed by atoms with Crippen molar-refractivity contribution in [3.05, 3.63) is 79.8 Å². The maximum atomic E-state index is 10.6. The highest BCUT2D eigenvalue weighted by Crippen LogP contribution is 2.30. The highest BCUT2D eigenvalue weighted by Gasteiger charge is 2.14. The normalized spacial score (nSPS) is 12.6. The van der Waals surface area contributed by atoms with Crippen LogP contribution in [-0.4, -0.2) is 5.11 Å². The van der Waals surface area contributed by atoms with E-state index in [1.807, 2.05) is 36.4 Å². The summed E-state index contributed by atoms with van der Waals surface area (Å²) in [6.07, 6.45) is -0.607. The Morgan fingerprint density at radius 2 is 1.65 bits per heavy atom. The Morgan fingerprint density at radius 1 is 0.900 bits per heavy atom. The van der Waals surface area contributed by atoms with Crippen LogP contribution >= 0.6 is 38.5 Å². The monoisotopic (exact) mass is 438 g/mol. The molecule has 0 spiro atoms. The van der Waals surface area contributed by atoms with Crippen molar-refractivity contribution in [3.8, 4) is 0 Å². The lowest BCUT2D eigenvalue weighted by molar-refractivity contribution is 0.219. The summed E-state index contributed by atoms with van der Waals surface area (Å²) in [5.41, 5.74) is 1.84. The Bertz CT molecular complexity index is 770. The predicted octanol–water partition coefficient (Wildman–Crippen LogP) is 5.29. The third-order valence-electron chi connectivity index (χ3n) is 3.34. The van der Waals surface area contributed by atoms with E-state index in [4.69, 9.17) is 0 Å². The minimum atomic E-state index is -0.607. The molecule has 0 fully saturated rings. The van der Waals surface area contributed by atoms with Crippen LogP contribution in [0, 0.1) is 3.57 Å². The fourth-order valence-corrected chi connectivity index (χ4v) is 3.29. The topological polar surface area (TPSA) is 20.2 Å². The van der Waals surface area contributed by atoms with Gasteiger partial charge in [-0.2, -0.15) is 0 Å². The first-order valence-electron chi connectivity index (χ1n) is 6.27. The standard InChI is InChI=1S/C17H12BrIO/c18-14-7-8-16(19)15(10-14)17(20)13-6-5-11-3-1-2-4-12(11)9-13/h1-10,17,20H. The van der Waals surface area contributed by atoms with Crippen LogP contribution in [0.1, 0.15) is 17.2 Å². The molecule has 3 aromatic rings. The van der Waals surface area contributed by atoms with Crippen LogP contribution in [0.2, 0.25) is 0 Å². The van der Waals surface area contributed by atoms with Crippen LogP contribution < -0.4 is 0 Å². The van der Waals surface area contributed by atoms with Crippen LogP contribution in [0.3, 0.4) is 0 Å². The summed E-state index contributed by atoms with van der Waals surface area (Å²) in [5.74, 6) is 0. The van der Waals surface area contributed by atoms with Crippen LogP contribution in [0.25, 0.3) is 10.8 Å². The minimum absolute atomic E-state index is 0.607. The van der Waals surface area contributed by atoms with Gasteiger partial charge in [-0.25, -0.2) is 0 Å². The molecule has 0 heterocycles. The van der Waals surface area contributed by atoms with Gasteiger partial charge in [0.25, 0.3) is 0 Å². The van der Waals surface area contributed by atoms with E-state index in [0.29, 0.717) is 0 Å². The van der Waals surface area contributed by atoms with Crippen molar-refractivity contribution < 1.29 is 5.11 Å². The minimum Gasteiger partial charge on any atom is -0.384 e. The molecule has 0 radical (unpaired) electrons. The molecule has 0 aliphatic heterocycles.